The first-order valence-electron chi connectivity index (χ1n) is 13.2. The number of anilines is 1. The van der Waals surface area contributed by atoms with Crippen LogP contribution in [0.4, 0.5) is 23.7 Å². The quantitative estimate of drug-likeness (QED) is 0.166. The zero-order chi connectivity index (χ0) is 31.0. The Kier molecular flexibility index (Phi) is 11.0. The van der Waals surface area contributed by atoms with Gasteiger partial charge in [0.25, 0.3) is 5.56 Å². The number of rotatable bonds is 13. The molecule has 3 aromatic rings. The van der Waals surface area contributed by atoms with Crippen molar-refractivity contribution < 1.29 is 57.0 Å². The molecule has 1 aromatic heterocycles. The Morgan fingerprint density at radius 2 is 1.77 bits per heavy atom. The standard InChI is InChI=1S/C28H31F3N2O10/c29-28(30,31)23-4-2-1-3-21(23)24-11-17-5-6-18(12-22(17)25(36)32-24)33-13-19(42-26(33)37)16-41-27(38)43-20(14-39-9-7-34)15-40-10-8-35/h1-6,11-12,19-20,26,34-35,37H,7-10,13-16H2,(H,32,36). The van der Waals surface area contributed by atoms with Crippen LogP contribution in [0.2, 0.25) is 0 Å². The number of hydrogen-bond donors (Lipinski definition) is 4. The Morgan fingerprint density at radius 1 is 1.07 bits per heavy atom. The molecule has 15 heteroatoms. The van der Waals surface area contributed by atoms with Crippen molar-refractivity contribution in [3.63, 3.8) is 0 Å². The van der Waals surface area contributed by atoms with E-state index in [0.717, 1.165) is 6.07 Å². The summed E-state index contributed by atoms with van der Waals surface area (Å²) in [6.07, 6.45) is -8.74. The van der Waals surface area contributed by atoms with Gasteiger partial charge in [0.05, 0.1) is 51.7 Å². The lowest BCUT2D eigenvalue weighted by molar-refractivity contribution is -0.137. The summed E-state index contributed by atoms with van der Waals surface area (Å²) in [4.78, 5) is 29.1. The third-order valence-corrected chi connectivity index (χ3v) is 6.39. The second-order valence-corrected chi connectivity index (χ2v) is 9.46. The summed E-state index contributed by atoms with van der Waals surface area (Å²) in [5.41, 5.74) is -1.26. The van der Waals surface area contributed by atoms with Crippen molar-refractivity contribution in [2.24, 2.45) is 0 Å². The minimum Gasteiger partial charge on any atom is -0.431 e. The van der Waals surface area contributed by atoms with Gasteiger partial charge in [0, 0.05) is 22.3 Å². The first-order chi connectivity index (χ1) is 20.6. The zero-order valence-electron chi connectivity index (χ0n) is 22.8. The van der Waals surface area contributed by atoms with Gasteiger partial charge in [0.2, 0.25) is 6.41 Å². The number of ether oxygens (including phenoxy) is 5. The van der Waals surface area contributed by atoms with E-state index in [1.165, 1.54) is 35.2 Å². The van der Waals surface area contributed by atoms with Gasteiger partial charge in [-0.3, -0.25) is 4.79 Å². The molecule has 12 nitrogen and oxygen atoms in total. The van der Waals surface area contributed by atoms with Crippen LogP contribution in [0, 0.1) is 0 Å². The molecule has 0 spiro atoms. The van der Waals surface area contributed by atoms with E-state index in [-0.39, 0.29) is 69.4 Å². The van der Waals surface area contributed by atoms with Gasteiger partial charge < -0.3 is 48.9 Å². The number of alkyl halides is 3. The van der Waals surface area contributed by atoms with Crippen LogP contribution in [0.3, 0.4) is 0 Å². The predicted molar refractivity (Wildman–Crippen MR) is 145 cm³/mol. The van der Waals surface area contributed by atoms with Crippen LogP contribution in [0.5, 0.6) is 0 Å². The summed E-state index contributed by atoms with van der Waals surface area (Å²) in [6.45, 7) is -0.790. The van der Waals surface area contributed by atoms with Gasteiger partial charge in [-0.05, 0) is 29.7 Å². The first-order valence-corrected chi connectivity index (χ1v) is 13.2. The van der Waals surface area contributed by atoms with E-state index in [1.54, 1.807) is 12.1 Å². The second kappa shape index (κ2) is 14.6. The summed E-state index contributed by atoms with van der Waals surface area (Å²) < 4.78 is 66.6. The first kappa shape index (κ1) is 32.2. The molecule has 4 rings (SSSR count). The number of benzene rings is 2. The molecule has 0 amide bonds. The van der Waals surface area contributed by atoms with Crippen molar-refractivity contribution in [2.75, 3.05) is 57.7 Å². The molecular formula is C28H31F3N2O10. The summed E-state index contributed by atoms with van der Waals surface area (Å²) in [6, 6.07) is 11.0. The summed E-state index contributed by atoms with van der Waals surface area (Å²) in [5.74, 6) is 0. The molecule has 2 atom stereocenters. The lowest BCUT2D eigenvalue weighted by Crippen LogP contribution is -2.32. The zero-order valence-corrected chi connectivity index (χ0v) is 22.8. The number of aliphatic hydroxyl groups excluding tert-OH is 3. The number of aliphatic hydroxyl groups is 3. The Labute approximate surface area is 243 Å². The molecule has 0 bridgehead atoms. The molecule has 2 unspecified atom stereocenters. The van der Waals surface area contributed by atoms with Crippen molar-refractivity contribution in [3.8, 4) is 11.3 Å². The number of aromatic nitrogens is 1. The van der Waals surface area contributed by atoms with Gasteiger partial charge in [-0.25, -0.2) is 4.79 Å². The van der Waals surface area contributed by atoms with Gasteiger partial charge in [-0.2, -0.15) is 13.2 Å². The molecule has 0 aliphatic carbocycles. The molecule has 1 aliphatic heterocycles. The Morgan fingerprint density at radius 3 is 2.44 bits per heavy atom. The van der Waals surface area contributed by atoms with E-state index < -0.39 is 42.1 Å². The van der Waals surface area contributed by atoms with E-state index in [4.69, 9.17) is 33.9 Å². The number of nitrogens with zero attached hydrogens (tertiary/aromatic N) is 1. The number of aromatic amines is 1. The van der Waals surface area contributed by atoms with Crippen molar-refractivity contribution >= 4 is 22.6 Å². The molecule has 1 fully saturated rings. The third-order valence-electron chi connectivity index (χ3n) is 6.39. The molecule has 234 valence electrons. The maximum Gasteiger partial charge on any atom is 0.508 e. The van der Waals surface area contributed by atoms with E-state index in [1.807, 2.05) is 0 Å². The average Bonchev–Trinajstić information content (AvgIpc) is 3.35. The number of carbonyl (C=O) groups excluding carboxylic acids is 1. The van der Waals surface area contributed by atoms with E-state index in [0.29, 0.717) is 11.1 Å². The maximum absolute atomic E-state index is 13.5. The number of hydrogen-bond acceptors (Lipinski definition) is 11. The fraction of sp³-hybridized carbons (Fsp3) is 0.429. The Bertz CT molecular complexity index is 1420. The Hall–Kier alpha value is -3.73. The monoisotopic (exact) mass is 612 g/mol. The van der Waals surface area contributed by atoms with Crippen LogP contribution >= 0.6 is 0 Å². The van der Waals surface area contributed by atoms with Crippen LogP contribution in [-0.2, 0) is 29.9 Å². The number of pyridine rings is 1. The van der Waals surface area contributed by atoms with Crippen molar-refractivity contribution in [2.45, 2.75) is 24.8 Å². The highest BCUT2D eigenvalue weighted by atomic mass is 19.4. The average molecular weight is 613 g/mol. The highest BCUT2D eigenvalue weighted by molar-refractivity contribution is 5.88. The molecule has 1 saturated heterocycles. The Balaban J connectivity index is 1.40. The number of nitrogens with one attached hydrogen (secondary N) is 1. The minimum atomic E-state index is -4.61. The molecular weight excluding hydrogens is 581 g/mol. The number of H-pyrrole nitrogens is 1. The van der Waals surface area contributed by atoms with Gasteiger partial charge in [-0.1, -0.05) is 24.3 Å². The summed E-state index contributed by atoms with van der Waals surface area (Å²) in [7, 11) is 0. The molecule has 1 aliphatic rings. The topological polar surface area (TPSA) is 160 Å². The van der Waals surface area contributed by atoms with Gasteiger partial charge in [-0.15, -0.1) is 0 Å². The highest BCUT2D eigenvalue weighted by Crippen LogP contribution is 2.37. The third kappa shape index (κ3) is 8.43. The molecule has 0 saturated carbocycles. The van der Waals surface area contributed by atoms with Crippen molar-refractivity contribution in [1.29, 1.82) is 0 Å². The van der Waals surface area contributed by atoms with Crippen LogP contribution in [0.1, 0.15) is 5.56 Å². The van der Waals surface area contributed by atoms with Crippen LogP contribution in [0.15, 0.2) is 53.3 Å². The molecule has 2 heterocycles. The fourth-order valence-electron chi connectivity index (χ4n) is 4.47. The van der Waals surface area contributed by atoms with E-state index >= 15 is 0 Å². The van der Waals surface area contributed by atoms with Crippen LogP contribution in [0.25, 0.3) is 22.0 Å². The second-order valence-electron chi connectivity index (χ2n) is 9.46. The molecule has 4 N–H and O–H groups in total. The lowest BCUT2D eigenvalue weighted by Gasteiger charge is -2.21. The molecule has 43 heavy (non-hydrogen) atoms. The fourth-order valence-corrected chi connectivity index (χ4v) is 4.47. The molecule has 2 aromatic carbocycles. The maximum atomic E-state index is 13.5. The van der Waals surface area contributed by atoms with E-state index in [2.05, 4.69) is 4.98 Å². The van der Waals surface area contributed by atoms with Crippen LogP contribution < -0.4 is 10.5 Å². The van der Waals surface area contributed by atoms with Gasteiger partial charge >= 0.3 is 12.3 Å². The number of fused-ring (bicyclic) bond motifs is 1. The lowest BCUT2D eigenvalue weighted by atomic mass is 10.0. The van der Waals surface area contributed by atoms with Gasteiger partial charge in [0.15, 0.2) is 6.10 Å². The van der Waals surface area contributed by atoms with Crippen LogP contribution in [-0.4, -0.2) is 97.9 Å². The van der Waals surface area contributed by atoms with E-state index in [9.17, 15) is 27.9 Å². The summed E-state index contributed by atoms with van der Waals surface area (Å²) >= 11 is 0. The highest BCUT2D eigenvalue weighted by Gasteiger charge is 2.35. The normalized spacial score (nSPS) is 17.1. The predicted octanol–water partition coefficient (Wildman–Crippen LogP) is 2.23. The number of halogens is 3. The largest absolute Gasteiger partial charge is 0.508 e. The SMILES string of the molecule is O=C(OCC1CN(c2ccc3cc(-c4ccccc4C(F)(F)F)[nH]c(=O)c3c2)C(O)O1)OC(COCCO)COCCO. The van der Waals surface area contributed by atoms with Gasteiger partial charge in [0.1, 0.15) is 12.7 Å². The minimum absolute atomic E-state index is 0.00831. The molecule has 0 radical (unpaired) electrons. The smallest absolute Gasteiger partial charge is 0.431 e. The van der Waals surface area contributed by atoms with Crippen molar-refractivity contribution in [1.82, 2.24) is 4.98 Å². The van der Waals surface area contributed by atoms with Crippen molar-refractivity contribution in [3.05, 3.63) is 64.4 Å². The number of carbonyl (C=O) groups is 1. The summed E-state index contributed by atoms with van der Waals surface area (Å²) in [5, 5.41) is 28.7.